The molecule has 110 valence electrons. The largest absolute Gasteiger partial charge is 0.273 e. The van der Waals surface area contributed by atoms with Crippen molar-refractivity contribution < 1.29 is 4.79 Å². The molecule has 0 spiro atoms. The fourth-order valence-corrected chi connectivity index (χ4v) is 2.56. The summed E-state index contributed by atoms with van der Waals surface area (Å²) in [6.45, 7) is 6.54. The molecule has 2 aromatic rings. The summed E-state index contributed by atoms with van der Waals surface area (Å²) in [6, 6.07) is 12.1. The molecule has 1 amide bonds. The molecule has 0 aliphatic heterocycles. The van der Waals surface area contributed by atoms with Crippen LogP contribution in [0.4, 0.5) is 0 Å². The van der Waals surface area contributed by atoms with Crippen LogP contribution < -0.4 is 5.43 Å². The number of thiophene rings is 1. The van der Waals surface area contributed by atoms with Gasteiger partial charge in [0.05, 0.1) is 12.6 Å². The van der Waals surface area contributed by atoms with E-state index >= 15 is 0 Å². The summed E-state index contributed by atoms with van der Waals surface area (Å²) in [5.41, 5.74) is 4.95. The van der Waals surface area contributed by atoms with Gasteiger partial charge in [0.2, 0.25) is 5.91 Å². The maximum Gasteiger partial charge on any atom is 0.245 e. The normalized spacial score (nSPS) is 11.8. The number of hydrogen-bond acceptors (Lipinski definition) is 3. The lowest BCUT2D eigenvalue weighted by molar-refractivity contribution is -0.120. The Morgan fingerprint density at radius 3 is 2.52 bits per heavy atom. The van der Waals surface area contributed by atoms with E-state index in [1.54, 1.807) is 17.6 Å². The number of rotatable bonds is 4. The average molecular weight is 300 g/mol. The van der Waals surface area contributed by atoms with Gasteiger partial charge in [0.15, 0.2) is 0 Å². The Morgan fingerprint density at radius 2 is 1.95 bits per heavy atom. The molecule has 1 aromatic heterocycles. The van der Waals surface area contributed by atoms with Crippen molar-refractivity contribution in [2.45, 2.75) is 32.6 Å². The Bertz CT molecular complexity index is 607. The third kappa shape index (κ3) is 4.83. The van der Waals surface area contributed by atoms with Crippen LogP contribution in [-0.2, 0) is 16.6 Å². The summed E-state index contributed by atoms with van der Waals surface area (Å²) in [5, 5.41) is 5.95. The zero-order chi connectivity index (χ0) is 15.3. The van der Waals surface area contributed by atoms with Crippen molar-refractivity contribution in [1.82, 2.24) is 5.43 Å². The quantitative estimate of drug-likeness (QED) is 0.678. The zero-order valence-corrected chi connectivity index (χ0v) is 13.4. The highest BCUT2D eigenvalue weighted by Gasteiger charge is 2.12. The standard InChI is InChI=1S/C17H20N2OS/c1-17(2,3)14-8-6-13(7-9-14)12-18-19-16(20)11-15-5-4-10-21-15/h4-10,12H,11H2,1-3H3,(H,19,20)/b18-12-. The minimum atomic E-state index is -0.0972. The van der Waals surface area contributed by atoms with E-state index in [2.05, 4.69) is 43.4 Å². The first-order valence-corrected chi connectivity index (χ1v) is 7.78. The van der Waals surface area contributed by atoms with Crippen LogP contribution in [0.2, 0.25) is 0 Å². The van der Waals surface area contributed by atoms with Gasteiger partial charge in [0, 0.05) is 4.88 Å². The molecule has 0 aliphatic rings. The van der Waals surface area contributed by atoms with Crippen LogP contribution in [0.25, 0.3) is 0 Å². The summed E-state index contributed by atoms with van der Waals surface area (Å²) < 4.78 is 0. The van der Waals surface area contributed by atoms with Gasteiger partial charge in [-0.3, -0.25) is 4.79 Å². The molecule has 1 heterocycles. The highest BCUT2D eigenvalue weighted by Crippen LogP contribution is 2.21. The third-order valence-corrected chi connectivity index (χ3v) is 3.97. The van der Waals surface area contributed by atoms with Crippen molar-refractivity contribution in [2.24, 2.45) is 5.10 Å². The van der Waals surface area contributed by atoms with Gasteiger partial charge in [0.1, 0.15) is 0 Å². The van der Waals surface area contributed by atoms with Gasteiger partial charge in [-0.25, -0.2) is 5.43 Å². The van der Waals surface area contributed by atoms with Gasteiger partial charge in [0.25, 0.3) is 0 Å². The molecule has 1 N–H and O–H groups in total. The van der Waals surface area contributed by atoms with E-state index in [4.69, 9.17) is 0 Å². The molecule has 0 fully saturated rings. The van der Waals surface area contributed by atoms with Gasteiger partial charge in [-0.2, -0.15) is 5.10 Å². The van der Waals surface area contributed by atoms with Gasteiger partial charge < -0.3 is 0 Å². The van der Waals surface area contributed by atoms with Crippen LogP contribution in [-0.4, -0.2) is 12.1 Å². The lowest BCUT2D eigenvalue weighted by atomic mass is 9.87. The Morgan fingerprint density at radius 1 is 1.24 bits per heavy atom. The first kappa shape index (κ1) is 15.4. The number of nitrogens with zero attached hydrogens (tertiary/aromatic N) is 1. The van der Waals surface area contributed by atoms with Gasteiger partial charge in [-0.05, 0) is 28.0 Å². The molecule has 0 saturated carbocycles. The van der Waals surface area contributed by atoms with E-state index in [0.29, 0.717) is 6.42 Å². The van der Waals surface area contributed by atoms with E-state index < -0.39 is 0 Å². The van der Waals surface area contributed by atoms with Crippen molar-refractivity contribution in [3.8, 4) is 0 Å². The van der Waals surface area contributed by atoms with Crippen LogP contribution in [0.5, 0.6) is 0 Å². The first-order valence-electron chi connectivity index (χ1n) is 6.90. The lowest BCUT2D eigenvalue weighted by Gasteiger charge is -2.18. The third-order valence-electron chi connectivity index (χ3n) is 3.09. The second-order valence-corrected chi connectivity index (χ2v) is 6.95. The maximum atomic E-state index is 11.7. The molecule has 1 aromatic carbocycles. The van der Waals surface area contributed by atoms with E-state index in [-0.39, 0.29) is 11.3 Å². The van der Waals surface area contributed by atoms with Gasteiger partial charge in [-0.15, -0.1) is 11.3 Å². The van der Waals surface area contributed by atoms with Crippen molar-refractivity contribution in [2.75, 3.05) is 0 Å². The van der Waals surface area contributed by atoms with Crippen LogP contribution in [0.3, 0.4) is 0 Å². The predicted molar refractivity (Wildman–Crippen MR) is 88.9 cm³/mol. The predicted octanol–water partition coefficient (Wildman–Crippen LogP) is 3.74. The lowest BCUT2D eigenvalue weighted by Crippen LogP contribution is -2.19. The number of benzene rings is 1. The number of carbonyl (C=O) groups excluding carboxylic acids is 1. The van der Waals surface area contributed by atoms with E-state index in [1.165, 1.54) is 5.56 Å². The molecule has 4 heteroatoms. The van der Waals surface area contributed by atoms with Crippen LogP contribution in [0, 0.1) is 0 Å². The van der Waals surface area contributed by atoms with Crippen LogP contribution in [0.1, 0.15) is 36.8 Å². The van der Waals surface area contributed by atoms with E-state index in [9.17, 15) is 4.79 Å². The number of amides is 1. The fraction of sp³-hybridized carbons (Fsp3) is 0.294. The Labute approximate surface area is 129 Å². The summed E-state index contributed by atoms with van der Waals surface area (Å²) in [5.74, 6) is -0.0972. The molecule has 21 heavy (non-hydrogen) atoms. The molecule has 0 saturated heterocycles. The van der Waals surface area contributed by atoms with Crippen molar-refractivity contribution >= 4 is 23.5 Å². The number of nitrogens with one attached hydrogen (secondary N) is 1. The Hall–Kier alpha value is -1.94. The summed E-state index contributed by atoms with van der Waals surface area (Å²) >= 11 is 1.57. The summed E-state index contributed by atoms with van der Waals surface area (Å²) in [7, 11) is 0. The fourth-order valence-electron chi connectivity index (χ4n) is 1.86. The second-order valence-electron chi connectivity index (χ2n) is 5.92. The highest BCUT2D eigenvalue weighted by atomic mass is 32.1. The zero-order valence-electron chi connectivity index (χ0n) is 12.6. The topological polar surface area (TPSA) is 41.5 Å². The number of carbonyl (C=O) groups is 1. The number of hydrazone groups is 1. The molecule has 3 nitrogen and oxygen atoms in total. The minimum absolute atomic E-state index is 0.0972. The molecular weight excluding hydrogens is 280 g/mol. The summed E-state index contributed by atoms with van der Waals surface area (Å²) in [4.78, 5) is 12.7. The molecule has 0 radical (unpaired) electrons. The molecule has 0 aliphatic carbocycles. The first-order chi connectivity index (χ1) is 9.95. The molecule has 0 unspecified atom stereocenters. The second kappa shape index (κ2) is 6.68. The smallest absolute Gasteiger partial charge is 0.245 e. The molecular formula is C17H20N2OS. The van der Waals surface area contributed by atoms with E-state index in [0.717, 1.165) is 10.4 Å². The summed E-state index contributed by atoms with van der Waals surface area (Å²) in [6.07, 6.45) is 2.04. The van der Waals surface area contributed by atoms with Gasteiger partial charge >= 0.3 is 0 Å². The minimum Gasteiger partial charge on any atom is -0.273 e. The van der Waals surface area contributed by atoms with Gasteiger partial charge in [-0.1, -0.05) is 51.1 Å². The monoisotopic (exact) mass is 300 g/mol. The SMILES string of the molecule is CC(C)(C)c1ccc(/C=N\NC(=O)Cc2cccs2)cc1. The highest BCUT2D eigenvalue weighted by molar-refractivity contribution is 7.10. The molecule has 0 atom stereocenters. The molecule has 2 rings (SSSR count). The number of hydrogen-bond donors (Lipinski definition) is 1. The Kier molecular flexibility index (Phi) is 4.91. The van der Waals surface area contributed by atoms with Crippen LogP contribution >= 0.6 is 11.3 Å². The van der Waals surface area contributed by atoms with Crippen molar-refractivity contribution in [3.05, 3.63) is 57.8 Å². The van der Waals surface area contributed by atoms with Crippen LogP contribution in [0.15, 0.2) is 46.9 Å². The van der Waals surface area contributed by atoms with Crippen molar-refractivity contribution in [1.29, 1.82) is 0 Å². The molecule has 0 bridgehead atoms. The average Bonchev–Trinajstić information content (AvgIpc) is 2.91. The maximum absolute atomic E-state index is 11.7. The van der Waals surface area contributed by atoms with E-state index in [1.807, 2.05) is 29.6 Å². The van der Waals surface area contributed by atoms with Crippen molar-refractivity contribution in [3.63, 3.8) is 0 Å². The Balaban J connectivity index is 1.88.